The fourth-order valence-corrected chi connectivity index (χ4v) is 5.25. The fourth-order valence-electron chi connectivity index (χ4n) is 5.25. The number of unbranched alkanes of at least 4 members (excludes halogenated alkanes) is 1. The Kier molecular flexibility index (Phi) is 10.0. The summed E-state index contributed by atoms with van der Waals surface area (Å²) in [6.07, 6.45) is 5.90. The van der Waals surface area contributed by atoms with E-state index in [2.05, 4.69) is 16.0 Å². The van der Waals surface area contributed by atoms with Crippen molar-refractivity contribution < 1.29 is 33.4 Å². The first-order valence-electron chi connectivity index (χ1n) is 14.1. The maximum atomic E-state index is 13.7. The van der Waals surface area contributed by atoms with Gasteiger partial charge in [-0.3, -0.25) is 14.4 Å². The Morgan fingerprint density at radius 3 is 2.51 bits per heavy atom. The summed E-state index contributed by atoms with van der Waals surface area (Å²) in [6.45, 7) is 4.29. The van der Waals surface area contributed by atoms with Gasteiger partial charge >= 0.3 is 6.03 Å². The Labute approximate surface area is 229 Å². The van der Waals surface area contributed by atoms with Crippen molar-refractivity contribution in [1.29, 1.82) is 0 Å². The molecule has 0 spiro atoms. The lowest BCUT2D eigenvalue weighted by atomic mass is 9.80. The van der Waals surface area contributed by atoms with E-state index in [1.807, 2.05) is 25.1 Å². The van der Waals surface area contributed by atoms with Crippen LogP contribution >= 0.6 is 0 Å². The second kappa shape index (κ2) is 13.6. The van der Waals surface area contributed by atoms with E-state index in [0.29, 0.717) is 69.9 Å². The van der Waals surface area contributed by atoms with E-state index in [1.165, 1.54) is 0 Å². The van der Waals surface area contributed by atoms with E-state index in [-0.39, 0.29) is 19.4 Å². The topological polar surface area (TPSA) is 135 Å². The van der Waals surface area contributed by atoms with Crippen molar-refractivity contribution in [3.05, 3.63) is 23.8 Å². The molecule has 39 heavy (non-hydrogen) atoms. The molecular formula is C28H40N4O7. The number of ketones is 1. The van der Waals surface area contributed by atoms with E-state index >= 15 is 0 Å². The predicted octanol–water partition coefficient (Wildman–Crippen LogP) is 2.06. The number of amides is 4. The van der Waals surface area contributed by atoms with E-state index in [4.69, 9.17) is 14.2 Å². The zero-order chi connectivity index (χ0) is 27.7. The summed E-state index contributed by atoms with van der Waals surface area (Å²) in [5.74, 6) is -0.453. The van der Waals surface area contributed by atoms with E-state index in [0.717, 1.165) is 31.2 Å². The predicted molar refractivity (Wildman–Crippen MR) is 142 cm³/mol. The number of carbonyl (C=O) groups excluding carboxylic acids is 4. The number of ether oxygens (including phenoxy) is 3. The van der Waals surface area contributed by atoms with Gasteiger partial charge in [0.05, 0.1) is 19.3 Å². The molecular weight excluding hydrogens is 504 g/mol. The van der Waals surface area contributed by atoms with Crippen LogP contribution in [0.2, 0.25) is 0 Å². The molecule has 1 aromatic rings. The van der Waals surface area contributed by atoms with Crippen LogP contribution in [-0.4, -0.2) is 79.8 Å². The second-order valence-corrected chi connectivity index (χ2v) is 10.4. The van der Waals surface area contributed by atoms with Crippen LogP contribution in [0.15, 0.2) is 18.2 Å². The SMILES string of the molecule is CCCC[C@H](NC(=O)C1(NC(=O)N2CCOCC2)CCCCC1)C(=O)C(=O)NCCc1ccc2c(c1)OCO2. The van der Waals surface area contributed by atoms with Gasteiger partial charge in [0.15, 0.2) is 11.5 Å². The molecule has 1 aromatic carbocycles. The Bertz CT molecular complexity index is 1030. The van der Waals surface area contributed by atoms with Crippen LogP contribution in [0.1, 0.15) is 63.9 Å². The van der Waals surface area contributed by atoms with Crippen molar-refractivity contribution in [3.63, 3.8) is 0 Å². The van der Waals surface area contributed by atoms with Crippen LogP contribution in [0.25, 0.3) is 0 Å². The maximum Gasteiger partial charge on any atom is 0.318 e. The van der Waals surface area contributed by atoms with Gasteiger partial charge in [-0.1, -0.05) is 45.1 Å². The number of rotatable bonds is 11. The quantitative estimate of drug-likeness (QED) is 0.363. The highest BCUT2D eigenvalue weighted by Crippen LogP contribution is 2.32. The lowest BCUT2D eigenvalue weighted by molar-refractivity contribution is -0.141. The normalized spacial score (nSPS) is 18.6. The third-order valence-electron chi connectivity index (χ3n) is 7.61. The molecule has 3 aliphatic rings. The first-order chi connectivity index (χ1) is 18.9. The highest BCUT2D eigenvalue weighted by molar-refractivity contribution is 6.38. The van der Waals surface area contributed by atoms with Gasteiger partial charge < -0.3 is 35.1 Å². The highest BCUT2D eigenvalue weighted by atomic mass is 16.7. The third-order valence-corrected chi connectivity index (χ3v) is 7.61. The molecule has 1 atom stereocenters. The molecule has 2 aliphatic heterocycles. The minimum absolute atomic E-state index is 0.188. The fraction of sp³-hybridized carbons (Fsp3) is 0.643. The molecule has 11 heteroatoms. The lowest BCUT2D eigenvalue weighted by Crippen LogP contribution is -2.64. The molecule has 0 radical (unpaired) electrons. The van der Waals surface area contributed by atoms with Crippen molar-refractivity contribution in [1.82, 2.24) is 20.9 Å². The molecule has 0 aromatic heterocycles. The third kappa shape index (κ3) is 7.40. The van der Waals surface area contributed by atoms with Gasteiger partial charge in [0.2, 0.25) is 18.5 Å². The molecule has 1 aliphatic carbocycles. The standard InChI is InChI=1S/C28H40N4O7/c1-2-3-7-21(24(33)25(34)29-13-10-20-8-9-22-23(18-20)39-19-38-22)30-26(35)28(11-5-4-6-12-28)31-27(36)32-14-16-37-17-15-32/h8-9,18,21H,2-7,10-17,19H2,1H3,(H,29,34)(H,30,35)(H,31,36)/t21-/m0/s1. The van der Waals surface area contributed by atoms with E-state index < -0.39 is 29.2 Å². The summed E-state index contributed by atoms with van der Waals surface area (Å²) < 4.78 is 16.0. The maximum absolute atomic E-state index is 13.7. The molecule has 0 bridgehead atoms. The van der Waals surface area contributed by atoms with Gasteiger partial charge in [-0.15, -0.1) is 0 Å². The number of hydrogen-bond donors (Lipinski definition) is 3. The van der Waals surface area contributed by atoms with Gasteiger partial charge in [-0.25, -0.2) is 4.79 Å². The second-order valence-electron chi connectivity index (χ2n) is 10.4. The van der Waals surface area contributed by atoms with Crippen LogP contribution in [0.3, 0.4) is 0 Å². The molecule has 3 N–H and O–H groups in total. The molecule has 1 saturated carbocycles. The number of fused-ring (bicyclic) bond motifs is 1. The molecule has 1 saturated heterocycles. The number of carbonyl (C=O) groups is 4. The summed E-state index contributed by atoms with van der Waals surface area (Å²) in [4.78, 5) is 54.3. The Hall–Kier alpha value is -3.34. The molecule has 2 fully saturated rings. The average molecular weight is 545 g/mol. The first-order valence-corrected chi connectivity index (χ1v) is 14.1. The monoisotopic (exact) mass is 544 g/mol. The summed E-state index contributed by atoms with van der Waals surface area (Å²) in [7, 11) is 0. The molecule has 0 unspecified atom stereocenters. The Balaban J connectivity index is 1.36. The molecule has 4 amide bonds. The lowest BCUT2D eigenvalue weighted by Gasteiger charge is -2.39. The van der Waals surface area contributed by atoms with Crippen molar-refractivity contribution in [3.8, 4) is 11.5 Å². The van der Waals surface area contributed by atoms with Gasteiger partial charge in [0.25, 0.3) is 5.91 Å². The van der Waals surface area contributed by atoms with Crippen LogP contribution in [0.4, 0.5) is 4.79 Å². The Morgan fingerprint density at radius 1 is 1.03 bits per heavy atom. The number of nitrogens with one attached hydrogen (secondary N) is 3. The molecule has 2 heterocycles. The van der Waals surface area contributed by atoms with Crippen LogP contribution < -0.4 is 25.4 Å². The number of urea groups is 1. The average Bonchev–Trinajstić information content (AvgIpc) is 3.43. The largest absolute Gasteiger partial charge is 0.454 e. The first kappa shape index (κ1) is 28.7. The van der Waals surface area contributed by atoms with Crippen molar-refractivity contribution in [2.24, 2.45) is 0 Å². The summed E-state index contributed by atoms with van der Waals surface area (Å²) in [5.41, 5.74) is -0.160. The molecule has 214 valence electrons. The zero-order valence-electron chi connectivity index (χ0n) is 22.7. The van der Waals surface area contributed by atoms with Crippen molar-refractivity contribution in [2.45, 2.75) is 76.3 Å². The number of Topliss-reactive ketones (excluding diaryl/α,β-unsaturated/α-hetero) is 1. The summed E-state index contributed by atoms with van der Waals surface area (Å²) >= 11 is 0. The van der Waals surface area contributed by atoms with E-state index in [9.17, 15) is 19.2 Å². The summed E-state index contributed by atoms with van der Waals surface area (Å²) in [6, 6.07) is 4.31. The van der Waals surface area contributed by atoms with Gasteiger partial charge in [0.1, 0.15) is 5.54 Å². The minimum Gasteiger partial charge on any atom is -0.454 e. The van der Waals surface area contributed by atoms with Crippen LogP contribution in [0, 0.1) is 0 Å². The van der Waals surface area contributed by atoms with Gasteiger partial charge in [0, 0.05) is 19.6 Å². The number of morpholine rings is 1. The molecule has 4 rings (SSSR count). The zero-order valence-corrected chi connectivity index (χ0v) is 22.7. The smallest absolute Gasteiger partial charge is 0.318 e. The van der Waals surface area contributed by atoms with Crippen LogP contribution in [-0.2, 0) is 25.5 Å². The van der Waals surface area contributed by atoms with Gasteiger partial charge in [-0.05, 0) is 43.4 Å². The number of hydrogen-bond acceptors (Lipinski definition) is 7. The summed E-state index contributed by atoms with van der Waals surface area (Å²) in [5, 5.41) is 8.53. The van der Waals surface area contributed by atoms with Crippen molar-refractivity contribution >= 4 is 23.6 Å². The molecule has 11 nitrogen and oxygen atoms in total. The highest BCUT2D eigenvalue weighted by Gasteiger charge is 2.43. The minimum atomic E-state index is -1.10. The number of benzene rings is 1. The Morgan fingerprint density at radius 2 is 1.77 bits per heavy atom. The van der Waals surface area contributed by atoms with Crippen molar-refractivity contribution in [2.75, 3.05) is 39.6 Å². The van der Waals surface area contributed by atoms with E-state index in [1.54, 1.807) is 4.90 Å². The van der Waals surface area contributed by atoms with Gasteiger partial charge in [-0.2, -0.15) is 0 Å². The van der Waals surface area contributed by atoms with Crippen LogP contribution in [0.5, 0.6) is 11.5 Å². The number of nitrogens with zero attached hydrogens (tertiary/aromatic N) is 1.